The highest BCUT2D eigenvalue weighted by molar-refractivity contribution is 5.77. The van der Waals surface area contributed by atoms with Gasteiger partial charge in [0.1, 0.15) is 11.6 Å². The van der Waals surface area contributed by atoms with Crippen molar-refractivity contribution in [2.45, 2.75) is 12.3 Å². The van der Waals surface area contributed by atoms with Crippen LogP contribution in [0, 0.1) is 5.82 Å². The van der Waals surface area contributed by atoms with Gasteiger partial charge in [-0.05, 0) is 47.9 Å². The summed E-state index contributed by atoms with van der Waals surface area (Å²) in [5.74, 6) is -1.63. The van der Waals surface area contributed by atoms with E-state index < -0.39 is 17.7 Å². The van der Waals surface area contributed by atoms with Gasteiger partial charge in [-0.15, -0.1) is 0 Å². The Kier molecular flexibility index (Phi) is 5.21. The van der Waals surface area contributed by atoms with Crippen LogP contribution in [0.2, 0.25) is 0 Å². The molecule has 1 N–H and O–H groups in total. The maximum Gasteiger partial charge on any atom is 0.311 e. The van der Waals surface area contributed by atoms with Crippen LogP contribution in [-0.4, -0.2) is 32.3 Å². The van der Waals surface area contributed by atoms with Gasteiger partial charge >= 0.3 is 5.97 Å². The topological polar surface area (TPSA) is 49.8 Å². The summed E-state index contributed by atoms with van der Waals surface area (Å²) in [7, 11) is 5.32. The van der Waals surface area contributed by atoms with E-state index in [1.54, 1.807) is 12.1 Å². The Hall–Kier alpha value is -2.56. The zero-order valence-electron chi connectivity index (χ0n) is 13.4. The number of hydrogen-bond donors (Lipinski definition) is 1. The molecule has 0 saturated heterocycles. The molecular weight excluding hydrogens is 297 g/mol. The van der Waals surface area contributed by atoms with Crippen LogP contribution in [-0.2, 0) is 11.2 Å². The van der Waals surface area contributed by atoms with Gasteiger partial charge in [-0.25, -0.2) is 4.39 Å². The molecule has 2 aromatic carbocycles. The Bertz CT molecular complexity index is 683. The quantitative estimate of drug-likeness (QED) is 0.888. The number of ether oxygens (including phenoxy) is 1. The van der Waals surface area contributed by atoms with Gasteiger partial charge in [0.25, 0.3) is 0 Å². The lowest BCUT2D eigenvalue weighted by molar-refractivity contribution is -0.138. The Labute approximate surface area is 135 Å². The van der Waals surface area contributed by atoms with Crippen molar-refractivity contribution >= 4 is 11.7 Å². The fourth-order valence-electron chi connectivity index (χ4n) is 2.48. The maximum atomic E-state index is 13.5. The van der Waals surface area contributed by atoms with Gasteiger partial charge in [0.15, 0.2) is 0 Å². The predicted molar refractivity (Wildman–Crippen MR) is 87.8 cm³/mol. The molecule has 0 aliphatic heterocycles. The first-order valence-electron chi connectivity index (χ1n) is 7.25. The second-order valence-electron chi connectivity index (χ2n) is 5.54. The van der Waals surface area contributed by atoms with Gasteiger partial charge in [0.2, 0.25) is 0 Å². The second-order valence-corrected chi connectivity index (χ2v) is 5.54. The molecule has 1 atom stereocenters. The number of rotatable bonds is 6. The third kappa shape index (κ3) is 4.00. The minimum Gasteiger partial charge on any atom is -0.496 e. The highest BCUT2D eigenvalue weighted by Crippen LogP contribution is 2.28. The van der Waals surface area contributed by atoms with Crippen LogP contribution in [0.15, 0.2) is 42.5 Å². The standard InChI is InChI=1S/C18H20FNO3/c1-20(2)15-7-4-12(5-8-15)16(18(21)22)11-13-10-14(19)6-9-17(13)23-3/h4-10,16H,11H2,1-3H3,(H,21,22). The van der Waals surface area contributed by atoms with Gasteiger partial charge in [-0.2, -0.15) is 0 Å². The maximum absolute atomic E-state index is 13.5. The van der Waals surface area contributed by atoms with Crippen molar-refractivity contribution in [3.8, 4) is 5.75 Å². The fraction of sp³-hybridized carbons (Fsp3) is 0.278. The molecule has 0 bridgehead atoms. The average molecular weight is 317 g/mol. The first-order chi connectivity index (χ1) is 10.9. The van der Waals surface area contributed by atoms with Crippen molar-refractivity contribution in [2.24, 2.45) is 0 Å². The Morgan fingerprint density at radius 1 is 1.22 bits per heavy atom. The summed E-state index contributed by atoms with van der Waals surface area (Å²) in [6.45, 7) is 0. The minimum absolute atomic E-state index is 0.164. The molecule has 5 heteroatoms. The summed E-state index contributed by atoms with van der Waals surface area (Å²) >= 11 is 0. The first kappa shape index (κ1) is 16.8. The van der Waals surface area contributed by atoms with E-state index in [1.165, 1.54) is 25.3 Å². The van der Waals surface area contributed by atoms with Crippen molar-refractivity contribution in [3.63, 3.8) is 0 Å². The van der Waals surface area contributed by atoms with Crippen molar-refractivity contribution in [1.82, 2.24) is 0 Å². The minimum atomic E-state index is -0.950. The molecule has 0 aliphatic carbocycles. The molecule has 0 spiro atoms. The zero-order chi connectivity index (χ0) is 17.0. The van der Waals surface area contributed by atoms with Crippen molar-refractivity contribution in [2.75, 3.05) is 26.1 Å². The predicted octanol–water partition coefficient (Wildman–Crippen LogP) is 3.31. The molecule has 23 heavy (non-hydrogen) atoms. The number of anilines is 1. The Morgan fingerprint density at radius 3 is 2.39 bits per heavy atom. The van der Waals surface area contributed by atoms with Crippen LogP contribution in [0.3, 0.4) is 0 Å². The molecule has 0 saturated carbocycles. The number of aliphatic carboxylic acids is 1. The van der Waals surface area contributed by atoms with E-state index in [0.717, 1.165) is 5.69 Å². The van der Waals surface area contributed by atoms with E-state index in [4.69, 9.17) is 4.74 Å². The summed E-state index contributed by atoms with van der Waals surface area (Å²) < 4.78 is 18.7. The molecule has 4 nitrogen and oxygen atoms in total. The molecule has 2 rings (SSSR count). The number of carboxylic acids is 1. The average Bonchev–Trinajstić information content (AvgIpc) is 2.52. The molecule has 0 fully saturated rings. The van der Waals surface area contributed by atoms with Crippen LogP contribution < -0.4 is 9.64 Å². The third-order valence-electron chi connectivity index (χ3n) is 3.78. The van der Waals surface area contributed by atoms with Crippen LogP contribution in [0.4, 0.5) is 10.1 Å². The fourth-order valence-corrected chi connectivity index (χ4v) is 2.48. The number of carboxylic acid groups (broad SMARTS) is 1. The van der Waals surface area contributed by atoms with Gasteiger partial charge in [-0.3, -0.25) is 4.79 Å². The van der Waals surface area contributed by atoms with Gasteiger partial charge in [0, 0.05) is 19.8 Å². The molecule has 122 valence electrons. The lowest BCUT2D eigenvalue weighted by Crippen LogP contribution is -2.15. The first-order valence-corrected chi connectivity index (χ1v) is 7.25. The number of nitrogens with zero attached hydrogens (tertiary/aromatic N) is 1. The van der Waals surface area contributed by atoms with E-state index in [2.05, 4.69) is 0 Å². The van der Waals surface area contributed by atoms with Crippen LogP contribution in [0.5, 0.6) is 5.75 Å². The van der Waals surface area contributed by atoms with Gasteiger partial charge in [0.05, 0.1) is 13.0 Å². The second kappa shape index (κ2) is 7.13. The monoisotopic (exact) mass is 317 g/mol. The number of halogens is 1. The molecule has 0 aliphatic rings. The SMILES string of the molecule is COc1ccc(F)cc1CC(C(=O)O)c1ccc(N(C)C)cc1. The Morgan fingerprint density at radius 2 is 1.87 bits per heavy atom. The molecule has 1 unspecified atom stereocenters. The number of benzene rings is 2. The highest BCUT2D eigenvalue weighted by Gasteiger charge is 2.22. The van der Waals surface area contributed by atoms with Crippen molar-refractivity contribution < 1.29 is 19.0 Å². The zero-order valence-corrected chi connectivity index (χ0v) is 13.4. The molecular formula is C18H20FNO3. The number of methoxy groups -OCH3 is 1. The van der Waals surface area contributed by atoms with E-state index >= 15 is 0 Å². The molecule has 0 heterocycles. The van der Waals surface area contributed by atoms with E-state index in [0.29, 0.717) is 16.9 Å². The van der Waals surface area contributed by atoms with Crippen LogP contribution in [0.25, 0.3) is 0 Å². The van der Waals surface area contributed by atoms with Crippen molar-refractivity contribution in [3.05, 3.63) is 59.4 Å². The summed E-state index contributed by atoms with van der Waals surface area (Å²) in [4.78, 5) is 13.6. The van der Waals surface area contributed by atoms with Gasteiger partial charge < -0.3 is 14.7 Å². The lowest BCUT2D eigenvalue weighted by atomic mass is 9.91. The smallest absolute Gasteiger partial charge is 0.311 e. The van der Waals surface area contributed by atoms with E-state index in [-0.39, 0.29) is 6.42 Å². The van der Waals surface area contributed by atoms with Crippen molar-refractivity contribution in [1.29, 1.82) is 0 Å². The van der Waals surface area contributed by atoms with Crippen LogP contribution in [0.1, 0.15) is 17.0 Å². The third-order valence-corrected chi connectivity index (χ3v) is 3.78. The van der Waals surface area contributed by atoms with E-state index in [9.17, 15) is 14.3 Å². The number of hydrogen-bond acceptors (Lipinski definition) is 3. The van der Waals surface area contributed by atoms with Crippen LogP contribution >= 0.6 is 0 Å². The molecule has 0 aromatic heterocycles. The molecule has 0 amide bonds. The normalized spacial score (nSPS) is 11.8. The molecule has 0 radical (unpaired) electrons. The highest BCUT2D eigenvalue weighted by atomic mass is 19.1. The summed E-state index contributed by atoms with van der Waals surface area (Å²) in [6.07, 6.45) is 0.164. The summed E-state index contributed by atoms with van der Waals surface area (Å²) in [5, 5.41) is 9.55. The van der Waals surface area contributed by atoms with Gasteiger partial charge in [-0.1, -0.05) is 12.1 Å². The summed E-state index contributed by atoms with van der Waals surface area (Å²) in [5.41, 5.74) is 2.20. The largest absolute Gasteiger partial charge is 0.496 e. The Balaban J connectivity index is 2.32. The number of carbonyl (C=O) groups is 1. The lowest BCUT2D eigenvalue weighted by Gasteiger charge is -2.17. The van der Waals surface area contributed by atoms with E-state index in [1.807, 2.05) is 31.1 Å². The molecule has 2 aromatic rings. The summed E-state index contributed by atoms with van der Waals surface area (Å²) in [6, 6.07) is 11.5.